The Hall–Kier alpha value is -2.22. The van der Waals surface area contributed by atoms with Gasteiger partial charge < -0.3 is 19.8 Å². The summed E-state index contributed by atoms with van der Waals surface area (Å²) in [4.78, 5) is 41.7. The van der Waals surface area contributed by atoms with Crippen molar-refractivity contribution in [1.29, 1.82) is 0 Å². The zero-order valence-corrected chi connectivity index (χ0v) is 26.5. The van der Waals surface area contributed by atoms with Crippen molar-refractivity contribution in [3.05, 3.63) is 12.2 Å². The quantitative estimate of drug-likeness (QED) is 0.166. The number of rotatable bonds is 6. The highest BCUT2D eigenvalue weighted by Gasteiger charge is 2.72. The van der Waals surface area contributed by atoms with Crippen molar-refractivity contribution < 1.29 is 34.2 Å². The molecule has 5 saturated carbocycles. The Bertz CT molecular complexity index is 1200. The van der Waals surface area contributed by atoms with E-state index in [1.54, 1.807) is 0 Å². The molecule has 0 saturated heterocycles. The summed E-state index contributed by atoms with van der Waals surface area (Å²) in [6.07, 6.45) is 8.57. The van der Waals surface area contributed by atoms with Gasteiger partial charge in [-0.1, -0.05) is 39.4 Å². The second kappa shape index (κ2) is 10.4. The molecular weight excluding hydrogens is 534 g/mol. The van der Waals surface area contributed by atoms with E-state index in [4.69, 9.17) is 9.57 Å². The molecule has 0 aromatic carbocycles. The van der Waals surface area contributed by atoms with Gasteiger partial charge >= 0.3 is 17.9 Å². The van der Waals surface area contributed by atoms with Gasteiger partial charge in [0.1, 0.15) is 6.61 Å². The number of aliphatic carboxylic acids is 1. The van der Waals surface area contributed by atoms with Gasteiger partial charge in [-0.05, 0) is 116 Å². The van der Waals surface area contributed by atoms with Crippen molar-refractivity contribution in [3.8, 4) is 0 Å². The number of carbonyl (C=O) groups excluding carboxylic acids is 2. The molecule has 5 aliphatic rings. The maximum Gasteiger partial charge on any atom is 0.331 e. The van der Waals surface area contributed by atoms with Gasteiger partial charge in [-0.15, -0.1) is 0 Å². The Kier molecular flexibility index (Phi) is 7.77. The molecule has 5 aliphatic carbocycles. The second-order valence-corrected chi connectivity index (χ2v) is 15.4. The summed E-state index contributed by atoms with van der Waals surface area (Å²) >= 11 is 0. The summed E-state index contributed by atoms with van der Waals surface area (Å²) in [7, 11) is 0. The monoisotopic (exact) mass is 585 g/mol. The Balaban J connectivity index is 1.53. The highest BCUT2D eigenvalue weighted by atomic mass is 16.7. The molecule has 5 fully saturated rings. The molecule has 0 heterocycles. The predicted molar refractivity (Wildman–Crippen MR) is 158 cm³/mol. The Morgan fingerprint density at radius 2 is 1.62 bits per heavy atom. The third-order valence-electron chi connectivity index (χ3n) is 14.0. The number of hydrogen-bond acceptors (Lipinski definition) is 7. The van der Waals surface area contributed by atoms with Crippen molar-refractivity contribution in [1.82, 2.24) is 0 Å². The van der Waals surface area contributed by atoms with Crippen LogP contribution in [0.1, 0.15) is 106 Å². The number of esters is 1. The van der Waals surface area contributed by atoms with Crippen molar-refractivity contribution in [3.63, 3.8) is 0 Å². The molecule has 8 heteroatoms. The van der Waals surface area contributed by atoms with Gasteiger partial charge in [0, 0.05) is 19.3 Å². The summed E-state index contributed by atoms with van der Waals surface area (Å²) in [5, 5.41) is 25.0. The van der Waals surface area contributed by atoms with Gasteiger partial charge in [-0.2, -0.15) is 0 Å². The Morgan fingerprint density at radius 3 is 2.24 bits per heavy atom. The van der Waals surface area contributed by atoms with Crippen LogP contribution in [-0.4, -0.2) is 47.0 Å². The highest BCUT2D eigenvalue weighted by Crippen LogP contribution is 2.77. The molecule has 5 rings (SSSR count). The minimum Gasteiger partial charge on any atom is -0.481 e. The number of aliphatic hydroxyl groups is 1. The molecule has 0 unspecified atom stereocenters. The number of carbonyl (C=O) groups is 3. The molecule has 0 amide bonds. The molecule has 8 nitrogen and oxygen atoms in total. The first kappa shape index (κ1) is 31.2. The third kappa shape index (κ3) is 4.24. The number of carboxylic acids is 1. The van der Waals surface area contributed by atoms with Gasteiger partial charge in [-0.3, -0.25) is 9.59 Å². The van der Waals surface area contributed by atoms with Crippen LogP contribution >= 0.6 is 0 Å². The molecule has 0 spiro atoms. The van der Waals surface area contributed by atoms with Crippen LogP contribution < -0.4 is 0 Å². The highest BCUT2D eigenvalue weighted by molar-refractivity contribution is 5.91. The minimum atomic E-state index is -0.729. The molecule has 0 aromatic rings. The molecule has 10 atom stereocenters. The lowest BCUT2D eigenvalue weighted by Crippen LogP contribution is -2.67. The number of carboxylic acid groups (broad SMARTS) is 1. The molecule has 0 radical (unpaired) electrons. The number of nitrogens with zero attached hydrogens (tertiary/aromatic N) is 1. The number of ether oxygens (including phenoxy) is 1. The zero-order chi connectivity index (χ0) is 30.9. The van der Waals surface area contributed by atoms with Gasteiger partial charge in [0.25, 0.3) is 0 Å². The van der Waals surface area contributed by atoms with Crippen molar-refractivity contribution in [2.24, 2.45) is 61.8 Å². The number of oxime groups is 1. The molecule has 42 heavy (non-hydrogen) atoms. The first-order valence-corrected chi connectivity index (χ1v) is 16.0. The summed E-state index contributed by atoms with van der Waals surface area (Å²) in [6, 6.07) is 0. The van der Waals surface area contributed by atoms with Gasteiger partial charge in [0.2, 0.25) is 0 Å². The molecule has 0 aliphatic heterocycles. The van der Waals surface area contributed by atoms with Gasteiger partial charge in [0.05, 0.1) is 17.7 Å². The smallest absolute Gasteiger partial charge is 0.331 e. The van der Waals surface area contributed by atoms with E-state index in [9.17, 15) is 24.6 Å². The van der Waals surface area contributed by atoms with E-state index < -0.39 is 22.8 Å². The molecule has 2 N–H and O–H groups in total. The van der Waals surface area contributed by atoms with Gasteiger partial charge in [-0.25, -0.2) is 4.79 Å². The second-order valence-electron chi connectivity index (χ2n) is 15.4. The first-order valence-electron chi connectivity index (χ1n) is 16.0. The van der Waals surface area contributed by atoms with Crippen molar-refractivity contribution in [2.45, 2.75) is 106 Å². The largest absolute Gasteiger partial charge is 0.481 e. The van der Waals surface area contributed by atoms with E-state index in [0.29, 0.717) is 25.2 Å². The van der Waals surface area contributed by atoms with E-state index in [-0.39, 0.29) is 59.1 Å². The van der Waals surface area contributed by atoms with Crippen LogP contribution in [0.15, 0.2) is 17.3 Å². The van der Waals surface area contributed by atoms with Crippen LogP contribution in [0.4, 0.5) is 0 Å². The number of aliphatic hydroxyl groups excluding tert-OH is 1. The predicted octanol–water partition coefficient (Wildman–Crippen LogP) is 6.16. The summed E-state index contributed by atoms with van der Waals surface area (Å²) in [6.45, 7) is 16.6. The fourth-order valence-corrected chi connectivity index (χ4v) is 11.9. The van der Waals surface area contributed by atoms with Crippen LogP contribution in [0.2, 0.25) is 0 Å². The summed E-state index contributed by atoms with van der Waals surface area (Å²) < 4.78 is 5.66. The topological polar surface area (TPSA) is 122 Å². The average molecular weight is 586 g/mol. The lowest BCUT2D eigenvalue weighted by molar-refractivity contribution is -0.233. The first-order chi connectivity index (χ1) is 19.6. The Labute approximate surface area is 250 Å². The maximum absolute atomic E-state index is 12.9. The van der Waals surface area contributed by atoms with Crippen LogP contribution in [-0.2, 0) is 24.0 Å². The molecule has 0 aromatic heterocycles. The van der Waals surface area contributed by atoms with Crippen LogP contribution in [0.25, 0.3) is 0 Å². The van der Waals surface area contributed by atoms with Gasteiger partial charge in [0.15, 0.2) is 0 Å². The lowest BCUT2D eigenvalue weighted by atomic mass is 9.32. The SMILES string of the molecule is C=C(CO)[C@@H]1CC[C@]2(C(=O)O)CC[C@]3(C)[C@H](CC[C@@H]4[C@@]5(C)CC/C(=N\OC(C)=O)[C@@](C)(COC(C)=O)[C@@H]5CC[C@]43C)[C@@H]12. The van der Waals surface area contributed by atoms with E-state index in [0.717, 1.165) is 56.2 Å². The van der Waals surface area contributed by atoms with E-state index in [1.807, 2.05) is 0 Å². The summed E-state index contributed by atoms with van der Waals surface area (Å²) in [5.74, 6) is -0.545. The average Bonchev–Trinajstić information content (AvgIpc) is 3.32. The normalized spacial score (nSPS) is 46.9. The Morgan fingerprint density at radius 1 is 0.905 bits per heavy atom. The minimum absolute atomic E-state index is 0.000224. The molecule has 234 valence electrons. The van der Waals surface area contributed by atoms with E-state index >= 15 is 0 Å². The third-order valence-corrected chi connectivity index (χ3v) is 14.0. The van der Waals surface area contributed by atoms with E-state index in [2.05, 4.69) is 39.4 Å². The zero-order valence-electron chi connectivity index (χ0n) is 26.5. The maximum atomic E-state index is 12.9. The fraction of sp³-hybridized carbons (Fsp3) is 0.824. The van der Waals surface area contributed by atoms with Crippen molar-refractivity contribution in [2.75, 3.05) is 13.2 Å². The fourth-order valence-electron chi connectivity index (χ4n) is 11.9. The van der Waals surface area contributed by atoms with Crippen LogP contribution in [0, 0.1) is 56.7 Å². The van der Waals surface area contributed by atoms with Crippen LogP contribution in [0.3, 0.4) is 0 Å². The van der Waals surface area contributed by atoms with E-state index in [1.165, 1.54) is 13.8 Å². The molecular formula is C34H51NO7. The number of hydrogen-bond donors (Lipinski definition) is 2. The number of fused-ring (bicyclic) bond motifs is 7. The van der Waals surface area contributed by atoms with Crippen LogP contribution in [0.5, 0.6) is 0 Å². The van der Waals surface area contributed by atoms with Crippen molar-refractivity contribution >= 4 is 23.6 Å². The summed E-state index contributed by atoms with van der Waals surface area (Å²) in [5.41, 5.74) is 0.237. The molecule has 0 bridgehead atoms. The lowest BCUT2D eigenvalue weighted by Gasteiger charge is -2.72. The standard InChI is InChI=1S/C34H51NO7/c1-20(18-36)23-10-15-34(29(39)40)17-16-32(6)24(28(23)34)8-9-26-30(4)13-12-27(35-42-22(3)38)31(5,19-41-21(2)37)25(30)11-14-33(26,32)7/h23-26,28,36H,1,8-19H2,2-7H3,(H,39,40)/b35-27+/t23-,24+,25+,26+,28+,30-,31-,32+,33+,34-/m0/s1.